The Morgan fingerprint density at radius 3 is 2.67 bits per heavy atom. The Labute approximate surface area is 91.5 Å². The van der Waals surface area contributed by atoms with Gasteiger partial charge in [-0.15, -0.1) is 0 Å². The van der Waals surface area contributed by atoms with E-state index in [1.54, 1.807) is 6.33 Å². The number of aromatic nitrogens is 2. The molecule has 0 aromatic carbocycles. The molecule has 4 nitrogen and oxygen atoms in total. The van der Waals surface area contributed by atoms with E-state index < -0.39 is 0 Å². The zero-order valence-corrected chi connectivity index (χ0v) is 9.75. The smallest absolute Gasteiger partial charge is 0.131 e. The fraction of sp³-hybridized carbons (Fsp3) is 0.636. The summed E-state index contributed by atoms with van der Waals surface area (Å²) in [6.07, 6.45) is 3.94. The van der Waals surface area contributed by atoms with Crippen LogP contribution < -0.4 is 10.6 Å². The Bertz CT molecular complexity index is 286. The molecule has 0 unspecified atom stereocenters. The number of nitrogens with zero attached hydrogens (tertiary/aromatic N) is 2. The SMILES string of the molecule is CCCCNc1cc(NC(C)C)ncn1. The molecule has 2 N–H and O–H groups in total. The highest BCUT2D eigenvalue weighted by Crippen LogP contribution is 2.09. The predicted octanol–water partition coefficient (Wildman–Crippen LogP) is 2.51. The summed E-state index contributed by atoms with van der Waals surface area (Å²) in [7, 11) is 0. The van der Waals surface area contributed by atoms with E-state index in [1.165, 1.54) is 6.42 Å². The van der Waals surface area contributed by atoms with E-state index in [-0.39, 0.29) is 0 Å². The van der Waals surface area contributed by atoms with Gasteiger partial charge in [-0.1, -0.05) is 13.3 Å². The van der Waals surface area contributed by atoms with E-state index in [2.05, 4.69) is 41.4 Å². The van der Waals surface area contributed by atoms with Crippen molar-refractivity contribution in [2.75, 3.05) is 17.2 Å². The van der Waals surface area contributed by atoms with Crippen molar-refractivity contribution < 1.29 is 0 Å². The maximum Gasteiger partial charge on any atom is 0.131 e. The molecular weight excluding hydrogens is 188 g/mol. The van der Waals surface area contributed by atoms with Crippen LogP contribution in [0.25, 0.3) is 0 Å². The van der Waals surface area contributed by atoms with Crippen molar-refractivity contribution >= 4 is 11.6 Å². The fourth-order valence-electron chi connectivity index (χ4n) is 1.22. The Morgan fingerprint density at radius 2 is 2.00 bits per heavy atom. The van der Waals surface area contributed by atoms with Crippen LogP contribution in [0, 0.1) is 0 Å². The van der Waals surface area contributed by atoms with Gasteiger partial charge in [0.1, 0.15) is 18.0 Å². The van der Waals surface area contributed by atoms with Gasteiger partial charge in [0.05, 0.1) is 0 Å². The van der Waals surface area contributed by atoms with Gasteiger partial charge in [0.15, 0.2) is 0 Å². The molecule has 0 amide bonds. The van der Waals surface area contributed by atoms with Gasteiger partial charge in [-0.3, -0.25) is 0 Å². The van der Waals surface area contributed by atoms with Crippen LogP contribution in [0.2, 0.25) is 0 Å². The van der Waals surface area contributed by atoms with Crippen molar-refractivity contribution in [2.45, 2.75) is 39.7 Å². The molecule has 0 aliphatic rings. The summed E-state index contributed by atoms with van der Waals surface area (Å²) in [5, 5.41) is 6.51. The average Bonchev–Trinajstić information content (AvgIpc) is 2.18. The van der Waals surface area contributed by atoms with Crippen molar-refractivity contribution in [2.24, 2.45) is 0 Å². The number of hydrogen-bond donors (Lipinski definition) is 2. The minimum Gasteiger partial charge on any atom is -0.370 e. The van der Waals surface area contributed by atoms with Gasteiger partial charge in [0, 0.05) is 18.7 Å². The van der Waals surface area contributed by atoms with Crippen LogP contribution >= 0.6 is 0 Å². The lowest BCUT2D eigenvalue weighted by Gasteiger charge is -2.10. The van der Waals surface area contributed by atoms with Crippen molar-refractivity contribution in [3.63, 3.8) is 0 Å². The average molecular weight is 208 g/mol. The van der Waals surface area contributed by atoms with E-state index in [0.717, 1.165) is 24.6 Å². The molecule has 0 spiro atoms. The quantitative estimate of drug-likeness (QED) is 0.705. The Kier molecular flexibility index (Phi) is 4.87. The molecule has 0 aliphatic heterocycles. The van der Waals surface area contributed by atoms with E-state index in [0.29, 0.717) is 6.04 Å². The van der Waals surface area contributed by atoms with Gasteiger partial charge >= 0.3 is 0 Å². The summed E-state index contributed by atoms with van der Waals surface area (Å²) in [6.45, 7) is 7.32. The molecule has 1 heterocycles. The molecule has 1 rings (SSSR count). The Hall–Kier alpha value is -1.32. The van der Waals surface area contributed by atoms with Crippen LogP contribution in [0.4, 0.5) is 11.6 Å². The monoisotopic (exact) mass is 208 g/mol. The fourth-order valence-corrected chi connectivity index (χ4v) is 1.22. The van der Waals surface area contributed by atoms with Crippen LogP contribution in [0.15, 0.2) is 12.4 Å². The third-order valence-electron chi connectivity index (χ3n) is 1.94. The second-order valence-electron chi connectivity index (χ2n) is 3.87. The van der Waals surface area contributed by atoms with E-state index in [1.807, 2.05) is 6.07 Å². The van der Waals surface area contributed by atoms with E-state index in [4.69, 9.17) is 0 Å². The molecule has 0 atom stereocenters. The molecule has 4 heteroatoms. The highest BCUT2D eigenvalue weighted by atomic mass is 15.1. The summed E-state index contributed by atoms with van der Waals surface area (Å²) in [5.41, 5.74) is 0. The Balaban J connectivity index is 2.50. The van der Waals surface area contributed by atoms with Crippen LogP contribution in [0.5, 0.6) is 0 Å². The summed E-state index contributed by atoms with van der Waals surface area (Å²) in [5.74, 6) is 1.76. The molecule has 0 radical (unpaired) electrons. The van der Waals surface area contributed by atoms with Crippen molar-refractivity contribution in [3.8, 4) is 0 Å². The third kappa shape index (κ3) is 4.63. The van der Waals surface area contributed by atoms with Gasteiger partial charge in [0.2, 0.25) is 0 Å². The molecule has 1 aromatic rings. The standard InChI is InChI=1S/C11H20N4/c1-4-5-6-12-10-7-11(14-8-13-10)15-9(2)3/h7-9H,4-6H2,1-3H3,(H2,12,13,14,15). The van der Waals surface area contributed by atoms with E-state index in [9.17, 15) is 0 Å². The molecule has 84 valence electrons. The number of unbranched alkanes of at least 4 members (excludes halogenated alkanes) is 1. The van der Waals surface area contributed by atoms with Crippen LogP contribution in [0.3, 0.4) is 0 Å². The lowest BCUT2D eigenvalue weighted by molar-refractivity contribution is 0.829. The van der Waals surface area contributed by atoms with Crippen LogP contribution in [0.1, 0.15) is 33.6 Å². The molecule has 0 fully saturated rings. The van der Waals surface area contributed by atoms with Gasteiger partial charge in [-0.25, -0.2) is 9.97 Å². The maximum absolute atomic E-state index is 4.16. The van der Waals surface area contributed by atoms with Gasteiger partial charge in [-0.05, 0) is 20.3 Å². The normalized spacial score (nSPS) is 10.4. The number of hydrogen-bond acceptors (Lipinski definition) is 4. The Morgan fingerprint density at radius 1 is 1.27 bits per heavy atom. The summed E-state index contributed by atoms with van der Waals surface area (Å²) in [4.78, 5) is 8.30. The second-order valence-corrected chi connectivity index (χ2v) is 3.87. The summed E-state index contributed by atoms with van der Waals surface area (Å²) >= 11 is 0. The van der Waals surface area contributed by atoms with Gasteiger partial charge in [0.25, 0.3) is 0 Å². The molecule has 15 heavy (non-hydrogen) atoms. The topological polar surface area (TPSA) is 49.8 Å². The van der Waals surface area contributed by atoms with Gasteiger partial charge in [-0.2, -0.15) is 0 Å². The molecule has 0 saturated carbocycles. The van der Waals surface area contributed by atoms with Crippen LogP contribution in [-0.2, 0) is 0 Å². The third-order valence-corrected chi connectivity index (χ3v) is 1.94. The lowest BCUT2D eigenvalue weighted by Crippen LogP contribution is -2.12. The minimum atomic E-state index is 0.392. The molecule has 0 saturated heterocycles. The van der Waals surface area contributed by atoms with Crippen LogP contribution in [-0.4, -0.2) is 22.6 Å². The highest BCUT2D eigenvalue weighted by Gasteiger charge is 1.99. The minimum absolute atomic E-state index is 0.392. The number of anilines is 2. The first-order valence-corrected chi connectivity index (χ1v) is 5.54. The first-order chi connectivity index (χ1) is 7.22. The summed E-state index contributed by atoms with van der Waals surface area (Å²) < 4.78 is 0. The lowest BCUT2D eigenvalue weighted by atomic mass is 10.3. The molecule has 0 bridgehead atoms. The van der Waals surface area contributed by atoms with Crippen molar-refractivity contribution in [1.82, 2.24) is 9.97 Å². The largest absolute Gasteiger partial charge is 0.370 e. The molecule has 0 aliphatic carbocycles. The zero-order chi connectivity index (χ0) is 11.1. The summed E-state index contributed by atoms with van der Waals surface area (Å²) in [6, 6.07) is 2.33. The van der Waals surface area contributed by atoms with Crippen molar-refractivity contribution in [3.05, 3.63) is 12.4 Å². The van der Waals surface area contributed by atoms with Crippen molar-refractivity contribution in [1.29, 1.82) is 0 Å². The number of nitrogens with one attached hydrogen (secondary N) is 2. The number of rotatable bonds is 6. The van der Waals surface area contributed by atoms with Gasteiger partial charge < -0.3 is 10.6 Å². The highest BCUT2D eigenvalue weighted by molar-refractivity contribution is 5.46. The maximum atomic E-state index is 4.16. The van der Waals surface area contributed by atoms with E-state index >= 15 is 0 Å². The first-order valence-electron chi connectivity index (χ1n) is 5.54. The predicted molar refractivity (Wildman–Crippen MR) is 64.2 cm³/mol. The second kappa shape index (κ2) is 6.22. The molecule has 1 aromatic heterocycles. The molecular formula is C11H20N4. The first kappa shape index (κ1) is 11.8. The zero-order valence-electron chi connectivity index (χ0n) is 9.75.